The maximum absolute atomic E-state index is 12.1. The van der Waals surface area contributed by atoms with Gasteiger partial charge in [-0.15, -0.1) is 0 Å². The van der Waals surface area contributed by atoms with Crippen molar-refractivity contribution in [1.29, 1.82) is 0 Å². The molecule has 1 atom stereocenters. The number of aryl methyl sites for hydroxylation is 1. The minimum absolute atomic E-state index is 0.0636. The zero-order valence-corrected chi connectivity index (χ0v) is 14.2. The summed E-state index contributed by atoms with van der Waals surface area (Å²) in [7, 11) is 0. The predicted octanol–water partition coefficient (Wildman–Crippen LogP) is 3.74. The van der Waals surface area contributed by atoms with Crippen LogP contribution in [0.5, 0.6) is 0 Å². The molecule has 1 amide bonds. The molecule has 2 aromatic carbocycles. The van der Waals surface area contributed by atoms with E-state index in [0.717, 1.165) is 11.6 Å². The Hall–Kier alpha value is -2.93. The summed E-state index contributed by atoms with van der Waals surface area (Å²) in [6.45, 7) is 3.29. The fourth-order valence-corrected chi connectivity index (χ4v) is 2.21. The van der Waals surface area contributed by atoms with Crippen LogP contribution in [0.15, 0.2) is 42.5 Å². The smallest absolute Gasteiger partial charge is 0.339 e. The molecule has 0 saturated carbocycles. The largest absolute Gasteiger partial charge is 0.449 e. The van der Waals surface area contributed by atoms with Gasteiger partial charge in [0, 0.05) is 11.8 Å². The van der Waals surface area contributed by atoms with Gasteiger partial charge in [0.25, 0.3) is 11.6 Å². The summed E-state index contributed by atoms with van der Waals surface area (Å²) in [4.78, 5) is 34.3. The molecule has 130 valence electrons. The van der Waals surface area contributed by atoms with Gasteiger partial charge in [-0.3, -0.25) is 14.9 Å². The molecule has 0 spiro atoms. The highest BCUT2D eigenvalue weighted by molar-refractivity contribution is 6.32. The number of anilines is 1. The number of nitrogens with zero attached hydrogens (tertiary/aromatic N) is 1. The third-order valence-electron chi connectivity index (χ3n) is 3.32. The topological polar surface area (TPSA) is 98.5 Å². The molecule has 0 heterocycles. The summed E-state index contributed by atoms with van der Waals surface area (Å²) in [5, 5.41) is 13.4. The van der Waals surface area contributed by atoms with Crippen molar-refractivity contribution in [2.45, 2.75) is 20.0 Å². The summed E-state index contributed by atoms with van der Waals surface area (Å²) in [6.07, 6.45) is -1.08. The summed E-state index contributed by atoms with van der Waals surface area (Å²) in [5.41, 5.74) is 1.07. The van der Waals surface area contributed by atoms with Crippen molar-refractivity contribution >= 4 is 34.9 Å². The average Bonchev–Trinajstić information content (AvgIpc) is 2.54. The van der Waals surface area contributed by atoms with Crippen LogP contribution in [0.4, 0.5) is 11.4 Å². The minimum atomic E-state index is -1.08. The molecule has 0 aliphatic heterocycles. The van der Waals surface area contributed by atoms with Gasteiger partial charge in [-0.05, 0) is 43.7 Å². The third-order valence-corrected chi connectivity index (χ3v) is 3.64. The number of nitro groups is 1. The number of nitrogens with one attached hydrogen (secondary N) is 1. The Kier molecular flexibility index (Phi) is 5.71. The Labute approximate surface area is 148 Å². The highest BCUT2D eigenvalue weighted by Crippen LogP contribution is 2.25. The highest BCUT2D eigenvalue weighted by atomic mass is 35.5. The van der Waals surface area contributed by atoms with Crippen LogP contribution in [0, 0.1) is 17.0 Å². The maximum Gasteiger partial charge on any atom is 0.339 e. The third kappa shape index (κ3) is 4.77. The lowest BCUT2D eigenvalue weighted by atomic mass is 10.2. The summed E-state index contributed by atoms with van der Waals surface area (Å²) >= 11 is 5.70. The molecule has 25 heavy (non-hydrogen) atoms. The second-order valence-corrected chi connectivity index (χ2v) is 5.74. The van der Waals surface area contributed by atoms with Crippen LogP contribution in [-0.4, -0.2) is 22.9 Å². The van der Waals surface area contributed by atoms with E-state index in [1.807, 2.05) is 13.0 Å². The van der Waals surface area contributed by atoms with E-state index in [2.05, 4.69) is 5.32 Å². The molecule has 1 N–H and O–H groups in total. The molecule has 0 bridgehead atoms. The lowest BCUT2D eigenvalue weighted by Gasteiger charge is -2.14. The van der Waals surface area contributed by atoms with Crippen LogP contribution in [-0.2, 0) is 9.53 Å². The monoisotopic (exact) mass is 362 g/mol. The Balaban J connectivity index is 2.05. The van der Waals surface area contributed by atoms with Gasteiger partial charge in [-0.2, -0.15) is 0 Å². The molecule has 7 nitrogen and oxygen atoms in total. The molecule has 8 heteroatoms. The Bertz CT molecular complexity index is 838. The van der Waals surface area contributed by atoms with E-state index in [-0.39, 0.29) is 10.6 Å². The van der Waals surface area contributed by atoms with E-state index in [1.165, 1.54) is 19.1 Å². The van der Waals surface area contributed by atoms with Crippen molar-refractivity contribution in [1.82, 2.24) is 0 Å². The zero-order chi connectivity index (χ0) is 18.6. The van der Waals surface area contributed by atoms with Crippen LogP contribution < -0.4 is 5.32 Å². The highest BCUT2D eigenvalue weighted by Gasteiger charge is 2.22. The molecule has 0 radical (unpaired) electrons. The lowest BCUT2D eigenvalue weighted by Crippen LogP contribution is -2.30. The molecular formula is C17H15ClN2O5. The summed E-state index contributed by atoms with van der Waals surface area (Å²) in [6, 6.07) is 10.7. The fraction of sp³-hybridized carbons (Fsp3) is 0.176. The Morgan fingerprint density at radius 3 is 2.60 bits per heavy atom. The van der Waals surface area contributed by atoms with Crippen molar-refractivity contribution in [3.05, 3.63) is 68.7 Å². The predicted molar refractivity (Wildman–Crippen MR) is 92.8 cm³/mol. The lowest BCUT2D eigenvalue weighted by molar-refractivity contribution is -0.384. The first-order valence-corrected chi connectivity index (χ1v) is 7.68. The van der Waals surface area contributed by atoms with Crippen molar-refractivity contribution in [2.24, 2.45) is 0 Å². The van der Waals surface area contributed by atoms with E-state index in [4.69, 9.17) is 16.3 Å². The van der Waals surface area contributed by atoms with E-state index in [1.54, 1.807) is 18.2 Å². The van der Waals surface area contributed by atoms with Crippen molar-refractivity contribution < 1.29 is 19.2 Å². The van der Waals surface area contributed by atoms with Gasteiger partial charge in [0.15, 0.2) is 6.10 Å². The van der Waals surface area contributed by atoms with Gasteiger partial charge in [0.1, 0.15) is 5.02 Å². The molecule has 0 aliphatic carbocycles. The van der Waals surface area contributed by atoms with Gasteiger partial charge in [0.05, 0.1) is 10.5 Å². The molecule has 2 aromatic rings. The number of esters is 1. The fourth-order valence-electron chi connectivity index (χ4n) is 2.03. The molecular weight excluding hydrogens is 348 g/mol. The Morgan fingerprint density at radius 1 is 1.24 bits per heavy atom. The van der Waals surface area contributed by atoms with Gasteiger partial charge in [-0.25, -0.2) is 4.79 Å². The first kappa shape index (κ1) is 18.4. The summed E-state index contributed by atoms with van der Waals surface area (Å²) < 4.78 is 5.06. The first-order valence-electron chi connectivity index (χ1n) is 7.30. The SMILES string of the molecule is Cc1cccc(NC(=O)[C@@H](C)OC(=O)c2ccc(Cl)c([N+](=O)[O-])c2)c1. The van der Waals surface area contributed by atoms with E-state index in [0.29, 0.717) is 5.69 Å². The number of nitro benzene ring substituents is 1. The Morgan fingerprint density at radius 2 is 1.96 bits per heavy atom. The number of rotatable bonds is 5. The van der Waals surface area contributed by atoms with Gasteiger partial charge in [-0.1, -0.05) is 23.7 Å². The minimum Gasteiger partial charge on any atom is -0.449 e. The average molecular weight is 363 g/mol. The second kappa shape index (κ2) is 7.76. The maximum atomic E-state index is 12.1. The van der Waals surface area contributed by atoms with E-state index in [9.17, 15) is 19.7 Å². The number of halogens is 1. The molecule has 0 saturated heterocycles. The first-order chi connectivity index (χ1) is 11.8. The number of benzene rings is 2. The molecule has 0 unspecified atom stereocenters. The normalized spacial score (nSPS) is 11.5. The van der Waals surface area contributed by atoms with Gasteiger partial charge in [0.2, 0.25) is 0 Å². The van der Waals surface area contributed by atoms with E-state index >= 15 is 0 Å². The van der Waals surface area contributed by atoms with Crippen molar-refractivity contribution in [3.8, 4) is 0 Å². The number of amides is 1. The van der Waals surface area contributed by atoms with E-state index < -0.39 is 28.6 Å². The number of hydrogen-bond acceptors (Lipinski definition) is 5. The van der Waals surface area contributed by atoms with Gasteiger partial charge >= 0.3 is 5.97 Å². The molecule has 0 fully saturated rings. The quantitative estimate of drug-likeness (QED) is 0.496. The number of carbonyl (C=O) groups excluding carboxylic acids is 2. The van der Waals surface area contributed by atoms with Crippen LogP contribution in [0.25, 0.3) is 0 Å². The van der Waals surface area contributed by atoms with Crippen LogP contribution >= 0.6 is 11.6 Å². The summed E-state index contributed by atoms with van der Waals surface area (Å²) in [5.74, 6) is -1.37. The number of ether oxygens (including phenoxy) is 1. The molecule has 0 aromatic heterocycles. The zero-order valence-electron chi connectivity index (χ0n) is 13.5. The van der Waals surface area contributed by atoms with Crippen LogP contribution in [0.3, 0.4) is 0 Å². The van der Waals surface area contributed by atoms with Crippen LogP contribution in [0.1, 0.15) is 22.8 Å². The molecule has 0 aliphatic rings. The second-order valence-electron chi connectivity index (χ2n) is 5.33. The molecule has 2 rings (SSSR count). The number of hydrogen-bond donors (Lipinski definition) is 1. The number of carbonyl (C=O) groups is 2. The standard InChI is InChI=1S/C17H15ClN2O5/c1-10-4-3-5-13(8-10)19-16(21)11(2)25-17(22)12-6-7-14(18)15(9-12)20(23)24/h3-9,11H,1-2H3,(H,19,21)/t11-/m1/s1. The van der Waals surface area contributed by atoms with Crippen molar-refractivity contribution in [2.75, 3.05) is 5.32 Å². The van der Waals surface area contributed by atoms with Crippen molar-refractivity contribution in [3.63, 3.8) is 0 Å². The van der Waals surface area contributed by atoms with Gasteiger partial charge < -0.3 is 10.1 Å². The van der Waals surface area contributed by atoms with Crippen LogP contribution in [0.2, 0.25) is 5.02 Å².